The molecule has 0 N–H and O–H groups in total. The second-order valence-electron chi connectivity index (χ2n) is 5.14. The van der Waals surface area contributed by atoms with Crippen molar-refractivity contribution in [3.8, 4) is 0 Å². The monoisotopic (exact) mass is 235 g/mol. The fourth-order valence-electron chi connectivity index (χ4n) is 1.72. The molecule has 1 atom stereocenters. The highest BCUT2D eigenvalue weighted by atomic mass is 17.2. The number of fused-ring (bicyclic) bond motifs is 1. The minimum absolute atomic E-state index is 0.0626. The molecule has 92 valence electrons. The van der Waals surface area contributed by atoms with E-state index in [4.69, 9.17) is 9.78 Å². The Hall–Kier alpha value is -1.39. The number of hydrogen-bond donors (Lipinski definition) is 0. The average Bonchev–Trinajstić information content (AvgIpc) is 2.49. The first-order valence-corrected chi connectivity index (χ1v) is 5.61. The molecule has 17 heavy (non-hydrogen) atoms. The van der Waals surface area contributed by atoms with Gasteiger partial charge in [0, 0.05) is 18.3 Å². The Kier molecular flexibility index (Phi) is 2.93. The van der Waals surface area contributed by atoms with Gasteiger partial charge >= 0.3 is 0 Å². The second kappa shape index (κ2) is 4.13. The number of carbonyl (C=O) groups is 1. The summed E-state index contributed by atoms with van der Waals surface area (Å²) in [6, 6.07) is 7.44. The molecule has 1 aromatic rings. The number of para-hydroxylation sites is 1. The molecule has 2 rings (SSSR count). The van der Waals surface area contributed by atoms with Crippen molar-refractivity contribution in [1.29, 1.82) is 0 Å². The standard InChI is InChI=1S/C13H17NO3/c1-13(2,3)17-16-12-11(15)9-7-5-6-8-10(9)14(12)4/h5-8,12H,1-4H3. The lowest BCUT2D eigenvalue weighted by Gasteiger charge is -2.24. The van der Waals surface area contributed by atoms with Crippen LogP contribution in [0.3, 0.4) is 0 Å². The first kappa shape index (κ1) is 12.1. The number of carbonyl (C=O) groups excluding carboxylic acids is 1. The van der Waals surface area contributed by atoms with Crippen LogP contribution >= 0.6 is 0 Å². The average molecular weight is 235 g/mol. The van der Waals surface area contributed by atoms with Gasteiger partial charge in [-0.2, -0.15) is 0 Å². The van der Waals surface area contributed by atoms with Crippen LogP contribution in [0.15, 0.2) is 24.3 Å². The Morgan fingerprint density at radius 2 is 1.88 bits per heavy atom. The van der Waals surface area contributed by atoms with Gasteiger partial charge in [0.15, 0.2) is 0 Å². The highest BCUT2D eigenvalue weighted by molar-refractivity contribution is 6.09. The van der Waals surface area contributed by atoms with E-state index < -0.39 is 11.8 Å². The largest absolute Gasteiger partial charge is 0.340 e. The van der Waals surface area contributed by atoms with Crippen LogP contribution < -0.4 is 4.90 Å². The first-order valence-electron chi connectivity index (χ1n) is 5.61. The highest BCUT2D eigenvalue weighted by Gasteiger charge is 2.37. The van der Waals surface area contributed by atoms with E-state index in [-0.39, 0.29) is 5.78 Å². The molecule has 1 aliphatic heterocycles. The number of likely N-dealkylation sites (N-methyl/N-ethyl adjacent to an activating group) is 1. The lowest BCUT2D eigenvalue weighted by atomic mass is 10.1. The highest BCUT2D eigenvalue weighted by Crippen LogP contribution is 2.31. The van der Waals surface area contributed by atoms with Crippen LogP contribution in [0, 0.1) is 0 Å². The van der Waals surface area contributed by atoms with E-state index in [2.05, 4.69) is 0 Å². The zero-order valence-electron chi connectivity index (χ0n) is 10.6. The maximum absolute atomic E-state index is 12.1. The third-order valence-corrected chi connectivity index (χ3v) is 2.51. The Morgan fingerprint density at radius 3 is 2.47 bits per heavy atom. The molecule has 0 saturated heterocycles. The molecular formula is C13H17NO3. The molecule has 0 aromatic heterocycles. The smallest absolute Gasteiger partial charge is 0.228 e. The number of rotatable bonds is 2. The summed E-state index contributed by atoms with van der Waals surface area (Å²) >= 11 is 0. The van der Waals surface area contributed by atoms with Crippen LogP contribution in [0.5, 0.6) is 0 Å². The third-order valence-electron chi connectivity index (χ3n) is 2.51. The number of hydrogen-bond acceptors (Lipinski definition) is 4. The molecule has 0 radical (unpaired) electrons. The molecule has 1 heterocycles. The van der Waals surface area contributed by atoms with E-state index in [9.17, 15) is 4.79 Å². The van der Waals surface area contributed by atoms with Gasteiger partial charge in [0.05, 0.1) is 5.60 Å². The Bertz CT molecular complexity index is 437. The van der Waals surface area contributed by atoms with Gasteiger partial charge in [-0.3, -0.25) is 4.79 Å². The van der Waals surface area contributed by atoms with Crippen molar-refractivity contribution in [2.24, 2.45) is 0 Å². The van der Waals surface area contributed by atoms with Crippen molar-refractivity contribution in [2.75, 3.05) is 11.9 Å². The van der Waals surface area contributed by atoms with Crippen LogP contribution in [0.25, 0.3) is 0 Å². The molecule has 4 heteroatoms. The van der Waals surface area contributed by atoms with E-state index in [1.54, 1.807) is 11.0 Å². The molecule has 0 saturated carbocycles. The Balaban J connectivity index is 2.16. The first-order chi connectivity index (χ1) is 7.90. The van der Waals surface area contributed by atoms with E-state index in [0.717, 1.165) is 5.69 Å². The van der Waals surface area contributed by atoms with Gasteiger partial charge in [-0.1, -0.05) is 12.1 Å². The zero-order chi connectivity index (χ0) is 12.6. The molecule has 0 bridgehead atoms. The fourth-order valence-corrected chi connectivity index (χ4v) is 1.72. The number of anilines is 1. The van der Waals surface area contributed by atoms with E-state index in [0.29, 0.717) is 5.56 Å². The summed E-state index contributed by atoms with van der Waals surface area (Å²) in [4.78, 5) is 24.3. The topological polar surface area (TPSA) is 38.8 Å². The van der Waals surface area contributed by atoms with Crippen molar-refractivity contribution in [2.45, 2.75) is 32.6 Å². The summed E-state index contributed by atoms with van der Waals surface area (Å²) < 4.78 is 0. The minimum atomic E-state index is -0.688. The summed E-state index contributed by atoms with van der Waals surface area (Å²) in [7, 11) is 1.82. The quantitative estimate of drug-likeness (QED) is 0.583. The molecular weight excluding hydrogens is 218 g/mol. The van der Waals surface area contributed by atoms with Crippen molar-refractivity contribution in [3.05, 3.63) is 29.8 Å². The van der Waals surface area contributed by atoms with Gasteiger partial charge in [-0.25, -0.2) is 9.78 Å². The van der Waals surface area contributed by atoms with Crippen molar-refractivity contribution in [1.82, 2.24) is 0 Å². The fraction of sp³-hybridized carbons (Fsp3) is 0.462. The summed E-state index contributed by atoms with van der Waals surface area (Å²) in [5.74, 6) is -0.0626. The summed E-state index contributed by atoms with van der Waals surface area (Å²) in [5, 5.41) is 0. The maximum Gasteiger partial charge on any atom is 0.228 e. The molecule has 1 aromatic carbocycles. The molecule has 0 spiro atoms. The van der Waals surface area contributed by atoms with Crippen LogP contribution in [0.1, 0.15) is 31.1 Å². The van der Waals surface area contributed by atoms with E-state index in [1.807, 2.05) is 46.0 Å². The van der Waals surface area contributed by atoms with Crippen molar-refractivity contribution >= 4 is 11.5 Å². The van der Waals surface area contributed by atoms with Gasteiger partial charge in [0.25, 0.3) is 0 Å². The summed E-state index contributed by atoms with van der Waals surface area (Å²) in [6.07, 6.45) is -0.688. The maximum atomic E-state index is 12.1. The second-order valence-corrected chi connectivity index (χ2v) is 5.14. The van der Waals surface area contributed by atoms with Crippen molar-refractivity contribution in [3.63, 3.8) is 0 Å². The lowest BCUT2D eigenvalue weighted by Crippen LogP contribution is -2.37. The zero-order valence-corrected chi connectivity index (χ0v) is 10.6. The van der Waals surface area contributed by atoms with Crippen LogP contribution in [0.2, 0.25) is 0 Å². The third kappa shape index (κ3) is 2.33. The molecule has 0 amide bonds. The summed E-state index contributed by atoms with van der Waals surface area (Å²) in [6.45, 7) is 5.62. The normalized spacial score (nSPS) is 19.6. The van der Waals surface area contributed by atoms with Gasteiger partial charge in [-0.05, 0) is 32.9 Å². The van der Waals surface area contributed by atoms with Gasteiger partial charge in [-0.15, -0.1) is 0 Å². The van der Waals surface area contributed by atoms with Gasteiger partial charge in [0.1, 0.15) is 0 Å². The van der Waals surface area contributed by atoms with E-state index in [1.165, 1.54) is 0 Å². The number of nitrogens with zero attached hydrogens (tertiary/aromatic N) is 1. The van der Waals surface area contributed by atoms with Crippen LogP contribution in [-0.2, 0) is 9.78 Å². The predicted molar refractivity (Wildman–Crippen MR) is 64.9 cm³/mol. The van der Waals surface area contributed by atoms with Crippen LogP contribution in [-0.4, -0.2) is 24.7 Å². The Morgan fingerprint density at radius 1 is 1.24 bits per heavy atom. The minimum Gasteiger partial charge on any atom is -0.340 e. The molecule has 0 fully saturated rings. The number of ketones is 1. The Labute approximate surface area is 101 Å². The molecule has 0 aliphatic carbocycles. The summed E-state index contributed by atoms with van der Waals surface area (Å²) in [5.41, 5.74) is 1.12. The van der Waals surface area contributed by atoms with Crippen molar-refractivity contribution < 1.29 is 14.6 Å². The predicted octanol–water partition coefficient (Wildman–Crippen LogP) is 2.39. The number of benzene rings is 1. The van der Waals surface area contributed by atoms with Crippen LogP contribution in [0.4, 0.5) is 5.69 Å². The molecule has 1 aliphatic rings. The molecule has 1 unspecified atom stereocenters. The van der Waals surface area contributed by atoms with E-state index >= 15 is 0 Å². The lowest BCUT2D eigenvalue weighted by molar-refractivity contribution is -0.361. The van der Waals surface area contributed by atoms with Gasteiger partial charge < -0.3 is 4.90 Å². The van der Waals surface area contributed by atoms with Gasteiger partial charge in [0.2, 0.25) is 12.0 Å². The number of Topliss-reactive ketones (excluding diaryl/α,β-unsaturated/α-hetero) is 1. The molecule has 4 nitrogen and oxygen atoms in total. The SMILES string of the molecule is CN1c2ccccc2C(=O)C1OOC(C)(C)C.